The summed E-state index contributed by atoms with van der Waals surface area (Å²) in [6.45, 7) is 3.94. The van der Waals surface area contributed by atoms with Crippen LogP contribution in [0.5, 0.6) is 28.7 Å². The second-order valence-corrected chi connectivity index (χ2v) is 9.89. The van der Waals surface area contributed by atoms with E-state index < -0.39 is 33.4 Å². The minimum atomic E-state index is -6.04. The smallest absolute Gasteiger partial charge is 0.497 e. The quantitative estimate of drug-likeness (QED) is 0.130. The van der Waals surface area contributed by atoms with Crippen LogP contribution in [0.3, 0.4) is 0 Å². The van der Waals surface area contributed by atoms with Crippen LogP contribution in [0.25, 0.3) is 0 Å². The summed E-state index contributed by atoms with van der Waals surface area (Å²) in [5, 5.41) is 0. The molecule has 3 aromatic rings. The Hall–Kier alpha value is -2.93. The number of halogens is 3. The van der Waals surface area contributed by atoms with Crippen LogP contribution < -0.4 is 23.1 Å². The molecule has 0 aliphatic carbocycles. The van der Waals surface area contributed by atoms with Gasteiger partial charge in [0.2, 0.25) is 0 Å². The summed E-state index contributed by atoms with van der Waals surface area (Å²) in [5.41, 5.74) is -3.96. The second-order valence-electron chi connectivity index (χ2n) is 8.35. The van der Waals surface area contributed by atoms with Gasteiger partial charge < -0.3 is 23.1 Å². The van der Waals surface area contributed by atoms with Crippen LogP contribution in [0.4, 0.5) is 13.2 Å². The van der Waals surface area contributed by atoms with Crippen LogP contribution in [0.1, 0.15) is 34.3 Å². The summed E-state index contributed by atoms with van der Waals surface area (Å²) in [6.07, 6.45) is 0.591. The van der Waals surface area contributed by atoms with Crippen molar-refractivity contribution in [3.8, 4) is 28.7 Å². The number of fused-ring (bicyclic) bond motifs is 1. The molecule has 1 aliphatic rings. The van der Waals surface area contributed by atoms with Gasteiger partial charge in [0.05, 0.1) is 20.1 Å². The molecular formula is C27H23ArF3O8S. The summed E-state index contributed by atoms with van der Waals surface area (Å²) in [5.74, 6) is -0.537. The first-order valence-electron chi connectivity index (χ1n) is 11.4. The molecule has 0 radical (unpaired) electrons. The van der Waals surface area contributed by atoms with E-state index in [9.17, 15) is 26.4 Å². The van der Waals surface area contributed by atoms with Crippen molar-refractivity contribution in [3.05, 3.63) is 89.5 Å². The Kier molecular flexibility index (Phi) is 10.0. The van der Waals surface area contributed by atoms with Gasteiger partial charge in [0.1, 0.15) is 23.4 Å². The maximum absolute atomic E-state index is 13.3. The fourth-order valence-electron chi connectivity index (χ4n) is 4.46. The molecule has 4 rings (SSSR count). The molecule has 0 fully saturated rings. The largest absolute Gasteiger partial charge is 0.534 e. The molecule has 0 N–H and O–H groups in total. The SMILES string of the molecule is C=CCc1c(OS(=O)(=O)C(F)(F)F)c(OC)cc2c1[C@H](c1cccc(OC=O)c1)C(c1ccc(OC)cc1)O2.[Ar]. The number of allylic oxidation sites excluding steroid dienone is 1. The maximum Gasteiger partial charge on any atom is 0.534 e. The van der Waals surface area contributed by atoms with Crippen molar-refractivity contribution in [1.82, 2.24) is 0 Å². The molecule has 13 heteroatoms. The normalized spacial score (nSPS) is 16.1. The average molecular weight is 604 g/mol. The first-order valence-corrected chi connectivity index (χ1v) is 12.8. The van der Waals surface area contributed by atoms with E-state index >= 15 is 0 Å². The zero-order valence-electron chi connectivity index (χ0n) is 21.1. The molecule has 1 aliphatic heterocycles. The average Bonchev–Trinajstić information content (AvgIpc) is 3.29. The van der Waals surface area contributed by atoms with Crippen LogP contribution in [0.15, 0.2) is 67.3 Å². The predicted octanol–water partition coefficient (Wildman–Crippen LogP) is 5.46. The van der Waals surface area contributed by atoms with Gasteiger partial charge in [-0.3, -0.25) is 4.79 Å². The standard InChI is InChI=1S/C27H23F3O8S.Ar/c1-4-6-20-24-21(14-22(35-3)26(20)38-39(32,33)27(28,29)30)37-25(16-9-11-18(34-2)12-10-16)23(24)17-7-5-8-19(13-17)36-15-31;/h4-5,7-15,23,25H,1,6H2,2-3H3;/t23-,25?;/m0./s1. The number of benzene rings is 3. The molecule has 214 valence electrons. The summed E-state index contributed by atoms with van der Waals surface area (Å²) < 4.78 is 90.4. The second kappa shape index (κ2) is 12.7. The Labute approximate surface area is 258 Å². The van der Waals surface area contributed by atoms with E-state index in [0.29, 0.717) is 22.4 Å². The number of rotatable bonds is 10. The number of carbonyl (C=O) groups excluding carboxylic acids is 1. The van der Waals surface area contributed by atoms with Crippen molar-refractivity contribution >= 4 is 16.6 Å². The molecule has 0 saturated heterocycles. The number of ether oxygens (including phenoxy) is 4. The van der Waals surface area contributed by atoms with E-state index in [1.165, 1.54) is 26.4 Å². The van der Waals surface area contributed by atoms with Gasteiger partial charge in [-0.2, -0.15) is 21.6 Å². The molecule has 0 amide bonds. The van der Waals surface area contributed by atoms with Crippen LogP contribution in [-0.2, 0) is 21.3 Å². The van der Waals surface area contributed by atoms with Crippen LogP contribution in [0.2, 0.25) is 0 Å². The number of methoxy groups -OCH3 is 2. The van der Waals surface area contributed by atoms with Crippen molar-refractivity contribution in [1.29, 1.82) is 0 Å². The van der Waals surface area contributed by atoms with Gasteiger partial charge in [-0.15, -0.1) is 6.58 Å². The van der Waals surface area contributed by atoms with Crippen molar-refractivity contribution in [3.63, 3.8) is 0 Å². The molecule has 1 heterocycles. The Balaban J connectivity index is 0.00000441. The fraction of sp³-hybridized carbons (Fsp3) is 0.222. The zero-order valence-corrected chi connectivity index (χ0v) is 22.6. The Bertz CT molecular complexity index is 1490. The van der Waals surface area contributed by atoms with Gasteiger partial charge in [-0.1, -0.05) is 30.3 Å². The van der Waals surface area contributed by atoms with Crippen molar-refractivity contribution in [2.75, 3.05) is 14.2 Å². The van der Waals surface area contributed by atoms with Crippen LogP contribution >= 0.6 is 0 Å². The van der Waals surface area contributed by atoms with Crippen LogP contribution in [-0.4, -0.2) is 34.6 Å². The molecule has 0 aromatic heterocycles. The topological polar surface area (TPSA) is 97.4 Å². The molecule has 2 atom stereocenters. The van der Waals surface area contributed by atoms with Gasteiger partial charge in [-0.25, -0.2) is 0 Å². The molecule has 0 spiro atoms. The minimum absolute atomic E-state index is 0. The third-order valence-corrected chi connectivity index (χ3v) is 7.06. The van der Waals surface area contributed by atoms with Crippen molar-refractivity contribution in [2.24, 2.45) is 0 Å². The third kappa shape index (κ3) is 6.19. The Morgan fingerprint density at radius 3 is 2.27 bits per heavy atom. The first-order chi connectivity index (χ1) is 18.5. The van der Waals surface area contributed by atoms with E-state index in [2.05, 4.69) is 10.8 Å². The molecule has 1 unspecified atom stereocenters. The minimum Gasteiger partial charge on any atom is -0.497 e. The van der Waals surface area contributed by atoms with E-state index in [1.807, 2.05) is 0 Å². The van der Waals surface area contributed by atoms with Gasteiger partial charge in [-0.05, 0) is 41.8 Å². The van der Waals surface area contributed by atoms with Crippen LogP contribution in [0, 0.1) is 37.7 Å². The number of alkyl halides is 3. The summed E-state index contributed by atoms with van der Waals surface area (Å²) in [4.78, 5) is 11.0. The molecular weight excluding hydrogens is 581 g/mol. The molecule has 0 bridgehead atoms. The van der Waals surface area contributed by atoms with Gasteiger partial charge >= 0.3 is 15.6 Å². The fourth-order valence-corrected chi connectivity index (χ4v) is 4.95. The first kappa shape index (κ1) is 31.6. The Morgan fingerprint density at radius 1 is 1.00 bits per heavy atom. The summed E-state index contributed by atoms with van der Waals surface area (Å²) >= 11 is 0. The third-order valence-electron chi connectivity index (χ3n) is 6.11. The van der Waals surface area contributed by atoms with Crippen molar-refractivity contribution < 1.29 is 87.3 Å². The molecule has 40 heavy (non-hydrogen) atoms. The Morgan fingerprint density at radius 2 is 1.70 bits per heavy atom. The van der Waals surface area contributed by atoms with Gasteiger partial charge in [0.15, 0.2) is 11.5 Å². The van der Waals surface area contributed by atoms with E-state index in [-0.39, 0.29) is 73.4 Å². The molecule has 8 nitrogen and oxygen atoms in total. The number of hydrogen-bond acceptors (Lipinski definition) is 8. The monoisotopic (exact) mass is 604 g/mol. The van der Waals surface area contributed by atoms with E-state index in [0.717, 1.165) is 0 Å². The molecule has 0 saturated carbocycles. The van der Waals surface area contributed by atoms with Gasteiger partial charge in [0.25, 0.3) is 6.47 Å². The molecule has 3 aromatic carbocycles. The number of carbonyl (C=O) groups is 1. The number of hydrogen-bond donors (Lipinski definition) is 0. The van der Waals surface area contributed by atoms with E-state index in [1.54, 1.807) is 48.5 Å². The maximum atomic E-state index is 13.3. The zero-order chi connectivity index (χ0) is 28.4. The van der Waals surface area contributed by atoms with E-state index in [4.69, 9.17) is 18.9 Å². The predicted molar refractivity (Wildman–Crippen MR) is 134 cm³/mol. The van der Waals surface area contributed by atoms with Crippen molar-refractivity contribution in [2.45, 2.75) is 24.0 Å². The summed E-state index contributed by atoms with van der Waals surface area (Å²) in [6, 6.07) is 14.8. The summed E-state index contributed by atoms with van der Waals surface area (Å²) in [7, 11) is -3.36. The van der Waals surface area contributed by atoms with Gasteiger partial charge in [0, 0.05) is 54.9 Å².